The van der Waals surface area contributed by atoms with Crippen LogP contribution in [-0.2, 0) is 19.6 Å². The molecule has 0 unspecified atom stereocenters. The van der Waals surface area contributed by atoms with Crippen LogP contribution in [0.25, 0.3) is 0 Å². The summed E-state index contributed by atoms with van der Waals surface area (Å²) in [6.07, 6.45) is 2.67. The SMILES string of the molecule is CC(=O)NCCCCCC(=O)Nc1cccc(S(=O)(=O)NCCN)c1.Cl. The summed E-state index contributed by atoms with van der Waals surface area (Å²) in [5.41, 5.74) is 5.73. The van der Waals surface area contributed by atoms with Crippen molar-refractivity contribution < 1.29 is 18.0 Å². The maximum atomic E-state index is 12.0. The zero-order valence-corrected chi connectivity index (χ0v) is 16.4. The number of nitrogens with one attached hydrogen (secondary N) is 3. The molecule has 0 bridgehead atoms. The lowest BCUT2D eigenvalue weighted by Gasteiger charge is -2.09. The summed E-state index contributed by atoms with van der Waals surface area (Å²) in [5, 5.41) is 5.39. The van der Waals surface area contributed by atoms with Crippen LogP contribution < -0.4 is 21.1 Å². The molecule has 8 nitrogen and oxygen atoms in total. The Hall–Kier alpha value is -1.68. The lowest BCUT2D eigenvalue weighted by atomic mass is 10.2. The van der Waals surface area contributed by atoms with E-state index in [1.54, 1.807) is 12.1 Å². The summed E-state index contributed by atoms with van der Waals surface area (Å²) in [6, 6.07) is 6.07. The highest BCUT2D eigenvalue weighted by molar-refractivity contribution is 7.89. The van der Waals surface area contributed by atoms with Gasteiger partial charge in [-0.25, -0.2) is 13.1 Å². The van der Waals surface area contributed by atoms with E-state index in [2.05, 4.69) is 15.4 Å². The molecule has 1 rings (SSSR count). The molecule has 10 heteroatoms. The van der Waals surface area contributed by atoms with E-state index < -0.39 is 10.0 Å². The van der Waals surface area contributed by atoms with Crippen LogP contribution in [-0.4, -0.2) is 39.9 Å². The number of carbonyl (C=O) groups is 2. The number of anilines is 1. The van der Waals surface area contributed by atoms with Crippen LogP contribution in [0.4, 0.5) is 5.69 Å². The van der Waals surface area contributed by atoms with Crippen molar-refractivity contribution in [3.63, 3.8) is 0 Å². The van der Waals surface area contributed by atoms with E-state index >= 15 is 0 Å². The Morgan fingerprint density at radius 2 is 1.85 bits per heavy atom. The van der Waals surface area contributed by atoms with E-state index in [9.17, 15) is 18.0 Å². The Balaban J connectivity index is 0.00000625. The molecule has 0 aliphatic rings. The third-order valence-electron chi connectivity index (χ3n) is 3.32. The highest BCUT2D eigenvalue weighted by Gasteiger charge is 2.14. The van der Waals surface area contributed by atoms with E-state index in [0.29, 0.717) is 25.1 Å². The second-order valence-electron chi connectivity index (χ2n) is 5.56. The molecule has 0 aromatic heterocycles. The van der Waals surface area contributed by atoms with Gasteiger partial charge >= 0.3 is 0 Å². The van der Waals surface area contributed by atoms with Gasteiger partial charge in [0.15, 0.2) is 0 Å². The fraction of sp³-hybridized carbons (Fsp3) is 0.500. The van der Waals surface area contributed by atoms with Gasteiger partial charge in [0, 0.05) is 38.7 Å². The third kappa shape index (κ3) is 9.71. The van der Waals surface area contributed by atoms with Crippen LogP contribution in [0.2, 0.25) is 0 Å². The van der Waals surface area contributed by atoms with Crippen molar-refractivity contribution in [2.75, 3.05) is 25.0 Å². The van der Waals surface area contributed by atoms with Gasteiger partial charge in [0.2, 0.25) is 21.8 Å². The normalized spacial score (nSPS) is 10.7. The molecule has 0 saturated heterocycles. The van der Waals surface area contributed by atoms with Crippen molar-refractivity contribution in [1.82, 2.24) is 10.0 Å². The molecule has 1 aromatic carbocycles. The molecule has 0 aliphatic heterocycles. The van der Waals surface area contributed by atoms with Crippen molar-refractivity contribution in [3.05, 3.63) is 24.3 Å². The number of nitrogens with two attached hydrogens (primary N) is 1. The number of sulfonamides is 1. The van der Waals surface area contributed by atoms with Crippen LogP contribution in [0.15, 0.2) is 29.2 Å². The monoisotopic (exact) mass is 406 g/mol. The van der Waals surface area contributed by atoms with Gasteiger partial charge < -0.3 is 16.4 Å². The Morgan fingerprint density at radius 3 is 2.50 bits per heavy atom. The van der Waals surface area contributed by atoms with Crippen molar-refractivity contribution in [2.45, 2.75) is 37.5 Å². The summed E-state index contributed by atoms with van der Waals surface area (Å²) >= 11 is 0. The third-order valence-corrected chi connectivity index (χ3v) is 4.78. The highest BCUT2D eigenvalue weighted by Crippen LogP contribution is 2.16. The van der Waals surface area contributed by atoms with E-state index in [0.717, 1.165) is 12.8 Å². The zero-order valence-electron chi connectivity index (χ0n) is 14.8. The first-order valence-corrected chi connectivity index (χ1v) is 9.67. The number of rotatable bonds is 11. The molecule has 0 saturated carbocycles. The van der Waals surface area contributed by atoms with Gasteiger partial charge in [0.25, 0.3) is 0 Å². The predicted molar refractivity (Wildman–Crippen MR) is 104 cm³/mol. The molecule has 0 radical (unpaired) electrons. The number of hydrogen-bond acceptors (Lipinski definition) is 5. The number of halogens is 1. The average Bonchev–Trinajstić information content (AvgIpc) is 2.56. The lowest BCUT2D eigenvalue weighted by molar-refractivity contribution is -0.119. The molecule has 5 N–H and O–H groups in total. The Morgan fingerprint density at radius 1 is 1.12 bits per heavy atom. The zero-order chi connectivity index (χ0) is 18.7. The van der Waals surface area contributed by atoms with Crippen LogP contribution in [0.5, 0.6) is 0 Å². The van der Waals surface area contributed by atoms with E-state index in [1.165, 1.54) is 19.1 Å². The average molecular weight is 407 g/mol. The second kappa shape index (κ2) is 12.6. The van der Waals surface area contributed by atoms with Crippen molar-refractivity contribution in [2.24, 2.45) is 5.73 Å². The summed E-state index contributed by atoms with van der Waals surface area (Å²) in [5.74, 6) is -0.238. The molecule has 2 amide bonds. The predicted octanol–water partition coefficient (Wildman–Crippen LogP) is 0.980. The van der Waals surface area contributed by atoms with Gasteiger partial charge in [-0.2, -0.15) is 0 Å². The summed E-state index contributed by atoms with van der Waals surface area (Å²) in [4.78, 5) is 22.7. The fourth-order valence-corrected chi connectivity index (χ4v) is 3.19. The van der Waals surface area contributed by atoms with Crippen LogP contribution >= 0.6 is 12.4 Å². The number of benzene rings is 1. The molecule has 0 fully saturated rings. The maximum absolute atomic E-state index is 12.0. The fourth-order valence-electron chi connectivity index (χ4n) is 2.09. The van der Waals surface area contributed by atoms with Gasteiger partial charge in [0.05, 0.1) is 4.90 Å². The highest BCUT2D eigenvalue weighted by atomic mass is 35.5. The molecule has 1 aromatic rings. The second-order valence-corrected chi connectivity index (χ2v) is 7.32. The van der Waals surface area contributed by atoms with Crippen LogP contribution in [0.1, 0.15) is 32.6 Å². The largest absolute Gasteiger partial charge is 0.356 e. The maximum Gasteiger partial charge on any atom is 0.240 e. The summed E-state index contributed by atoms with van der Waals surface area (Å²) < 4.78 is 26.5. The van der Waals surface area contributed by atoms with Crippen molar-refractivity contribution >= 4 is 39.9 Å². The molecule has 0 aliphatic carbocycles. The number of unbranched alkanes of at least 4 members (excludes halogenated alkanes) is 2. The van der Waals surface area contributed by atoms with Gasteiger partial charge in [0.1, 0.15) is 0 Å². The minimum atomic E-state index is -3.63. The number of carbonyl (C=O) groups excluding carboxylic acids is 2. The topological polar surface area (TPSA) is 130 Å². The molecular formula is C16H27ClN4O4S. The quantitative estimate of drug-likeness (QED) is 0.407. The molecule has 0 heterocycles. The van der Waals surface area contributed by atoms with Gasteiger partial charge in [-0.3, -0.25) is 9.59 Å². The number of amides is 2. The molecule has 0 spiro atoms. The van der Waals surface area contributed by atoms with Gasteiger partial charge in [-0.1, -0.05) is 12.5 Å². The van der Waals surface area contributed by atoms with Gasteiger partial charge in [-0.15, -0.1) is 12.4 Å². The lowest BCUT2D eigenvalue weighted by Crippen LogP contribution is -2.29. The van der Waals surface area contributed by atoms with E-state index in [1.807, 2.05) is 0 Å². The van der Waals surface area contributed by atoms with Crippen LogP contribution in [0, 0.1) is 0 Å². The Labute approximate surface area is 160 Å². The minimum absolute atomic E-state index is 0. The van der Waals surface area contributed by atoms with E-state index in [-0.39, 0.29) is 42.2 Å². The standard InChI is InChI=1S/C16H26N4O4S.ClH/c1-13(21)18-10-4-2-3-8-16(22)20-14-6-5-7-15(12-14)25(23,24)19-11-9-17;/h5-7,12,19H,2-4,8-11,17H2,1H3,(H,18,21)(H,20,22);1H. The Bertz CT molecular complexity index is 683. The first-order chi connectivity index (χ1) is 11.8. The molecule has 0 atom stereocenters. The van der Waals surface area contributed by atoms with Crippen molar-refractivity contribution in [3.8, 4) is 0 Å². The smallest absolute Gasteiger partial charge is 0.240 e. The molecular weight excluding hydrogens is 380 g/mol. The first kappa shape index (κ1) is 24.3. The van der Waals surface area contributed by atoms with Gasteiger partial charge in [-0.05, 0) is 31.0 Å². The summed E-state index contributed by atoms with van der Waals surface area (Å²) in [7, 11) is -3.63. The van der Waals surface area contributed by atoms with Crippen molar-refractivity contribution in [1.29, 1.82) is 0 Å². The van der Waals surface area contributed by atoms with E-state index in [4.69, 9.17) is 5.73 Å². The molecule has 148 valence electrons. The number of hydrogen-bond donors (Lipinski definition) is 4. The summed E-state index contributed by atoms with van der Waals surface area (Å²) in [6.45, 7) is 2.43. The minimum Gasteiger partial charge on any atom is -0.356 e. The first-order valence-electron chi connectivity index (χ1n) is 8.19. The Kier molecular flexibility index (Phi) is 11.8. The van der Waals surface area contributed by atoms with Crippen LogP contribution in [0.3, 0.4) is 0 Å². The molecule has 26 heavy (non-hydrogen) atoms.